The fourth-order valence-electron chi connectivity index (χ4n) is 2.37. The predicted octanol–water partition coefficient (Wildman–Crippen LogP) is 2.93. The third-order valence-corrected chi connectivity index (χ3v) is 5.66. The van der Waals surface area contributed by atoms with Gasteiger partial charge in [-0.2, -0.15) is 11.8 Å². The maximum Gasteiger partial charge on any atom is 0.196 e. The highest BCUT2D eigenvalue weighted by molar-refractivity contribution is 8.00. The Kier molecular flexibility index (Phi) is 3.30. The van der Waals surface area contributed by atoms with Crippen LogP contribution in [0, 0.1) is 0 Å². The van der Waals surface area contributed by atoms with Crippen LogP contribution in [-0.2, 0) is 0 Å². The van der Waals surface area contributed by atoms with E-state index < -0.39 is 0 Å². The molecule has 1 fully saturated rings. The molecule has 102 valence electrons. The van der Waals surface area contributed by atoms with Gasteiger partial charge in [-0.05, 0) is 6.42 Å². The minimum atomic E-state index is 0.313. The second-order valence-electron chi connectivity index (χ2n) is 5.34. The maximum absolute atomic E-state index is 11.4. The fraction of sp³-hybridized carbons (Fsp3) is 0.538. The molecule has 1 aliphatic rings. The average Bonchev–Trinajstić information content (AvgIpc) is 2.88. The molecule has 0 atom stereocenters. The number of nitrogens with zero attached hydrogens (tertiary/aromatic N) is 3. The van der Waals surface area contributed by atoms with Gasteiger partial charge in [-0.25, -0.2) is 4.98 Å². The van der Waals surface area contributed by atoms with Gasteiger partial charge in [0.15, 0.2) is 17.1 Å². The van der Waals surface area contributed by atoms with Crippen molar-refractivity contribution < 1.29 is 4.79 Å². The average molecular weight is 295 g/mol. The number of thioether (sulfide) groups is 1. The molecule has 0 aromatic carbocycles. The van der Waals surface area contributed by atoms with Crippen LogP contribution < -0.4 is 4.90 Å². The van der Waals surface area contributed by atoms with Gasteiger partial charge in [0.1, 0.15) is 5.69 Å². The topological polar surface area (TPSA) is 37.6 Å². The molecule has 0 unspecified atom stereocenters. The molecule has 1 saturated heterocycles. The Balaban J connectivity index is 1.95. The van der Waals surface area contributed by atoms with Crippen LogP contribution in [0.15, 0.2) is 11.6 Å². The van der Waals surface area contributed by atoms with E-state index in [1.807, 2.05) is 27.7 Å². The van der Waals surface area contributed by atoms with Gasteiger partial charge in [-0.1, -0.05) is 13.8 Å². The molecule has 2 aromatic rings. The molecule has 4 nitrogen and oxygen atoms in total. The van der Waals surface area contributed by atoms with Crippen LogP contribution in [0.1, 0.15) is 30.8 Å². The van der Waals surface area contributed by atoms with Crippen LogP contribution in [0.2, 0.25) is 0 Å². The van der Waals surface area contributed by atoms with Gasteiger partial charge in [0.05, 0.1) is 0 Å². The third-order valence-electron chi connectivity index (χ3n) is 3.53. The van der Waals surface area contributed by atoms with E-state index in [0.29, 0.717) is 10.4 Å². The number of fused-ring (bicyclic) bond motifs is 1. The number of aromatic nitrogens is 2. The summed E-state index contributed by atoms with van der Waals surface area (Å²) >= 11 is 3.57. The maximum atomic E-state index is 11.4. The highest BCUT2D eigenvalue weighted by Crippen LogP contribution is 2.33. The van der Waals surface area contributed by atoms with Crippen molar-refractivity contribution in [3.05, 3.63) is 17.3 Å². The van der Waals surface area contributed by atoms with Gasteiger partial charge >= 0.3 is 0 Å². The largest absolute Gasteiger partial charge is 0.354 e. The zero-order valence-electron chi connectivity index (χ0n) is 11.1. The lowest BCUT2D eigenvalue weighted by Gasteiger charge is -2.22. The lowest BCUT2D eigenvalue weighted by molar-refractivity contribution is 0.111. The molecule has 0 saturated carbocycles. The number of hydrogen-bond acceptors (Lipinski definition) is 5. The highest BCUT2D eigenvalue weighted by Gasteiger charge is 2.26. The number of carbonyl (C=O) groups is 1. The normalized spacial score (nSPS) is 19.6. The Morgan fingerprint density at radius 3 is 3.05 bits per heavy atom. The molecule has 0 spiro atoms. The summed E-state index contributed by atoms with van der Waals surface area (Å²) in [5.41, 5.74) is 0.681. The monoisotopic (exact) mass is 295 g/mol. The van der Waals surface area contributed by atoms with Crippen LogP contribution in [0.5, 0.6) is 0 Å². The summed E-state index contributed by atoms with van der Waals surface area (Å²) < 4.78 is 2.20. The van der Waals surface area contributed by atoms with E-state index in [1.54, 1.807) is 11.3 Å². The lowest BCUT2D eigenvalue weighted by atomic mass is 10.1. The van der Waals surface area contributed by atoms with Crippen LogP contribution >= 0.6 is 23.1 Å². The van der Waals surface area contributed by atoms with Crippen LogP contribution in [0.4, 0.5) is 5.82 Å². The zero-order chi connectivity index (χ0) is 13.5. The minimum Gasteiger partial charge on any atom is -0.354 e. The van der Waals surface area contributed by atoms with Crippen LogP contribution in [0.3, 0.4) is 0 Å². The van der Waals surface area contributed by atoms with E-state index in [2.05, 4.69) is 23.7 Å². The van der Waals surface area contributed by atoms with Crippen molar-refractivity contribution in [2.75, 3.05) is 23.7 Å². The van der Waals surface area contributed by atoms with Gasteiger partial charge in [0.2, 0.25) is 0 Å². The van der Waals surface area contributed by atoms with Crippen molar-refractivity contribution in [1.82, 2.24) is 9.38 Å². The number of aldehydes is 1. The van der Waals surface area contributed by atoms with Crippen molar-refractivity contribution in [3.63, 3.8) is 0 Å². The van der Waals surface area contributed by atoms with E-state index in [4.69, 9.17) is 0 Å². The molecule has 2 aromatic heterocycles. The molecule has 0 radical (unpaired) electrons. The molecular formula is C13H17N3OS2. The first-order valence-corrected chi connectivity index (χ1v) is 8.27. The molecule has 0 N–H and O–H groups in total. The number of imidazole rings is 1. The predicted molar refractivity (Wildman–Crippen MR) is 81.8 cm³/mol. The molecule has 19 heavy (non-hydrogen) atoms. The Bertz CT molecular complexity index is 602. The summed E-state index contributed by atoms with van der Waals surface area (Å²) in [6.45, 7) is 6.49. The summed E-state index contributed by atoms with van der Waals surface area (Å²) in [6, 6.07) is 0. The number of rotatable bonds is 2. The number of hydrogen-bond donors (Lipinski definition) is 0. The van der Waals surface area contributed by atoms with Gasteiger partial charge in [-0.15, -0.1) is 11.3 Å². The molecule has 0 aliphatic carbocycles. The second kappa shape index (κ2) is 4.83. The SMILES string of the molecule is CC1(C)CCN(c2nc3sccn3c2C=O)CCS1. The van der Waals surface area contributed by atoms with Gasteiger partial charge in [-0.3, -0.25) is 9.20 Å². The summed E-state index contributed by atoms with van der Waals surface area (Å²) in [7, 11) is 0. The summed E-state index contributed by atoms with van der Waals surface area (Å²) in [5, 5.41) is 1.96. The first-order chi connectivity index (χ1) is 9.11. The fourth-order valence-corrected chi connectivity index (χ4v) is 4.18. The summed E-state index contributed by atoms with van der Waals surface area (Å²) in [5.74, 6) is 1.93. The summed E-state index contributed by atoms with van der Waals surface area (Å²) in [6.07, 6.45) is 3.95. The molecule has 3 heterocycles. The number of thiazole rings is 1. The van der Waals surface area contributed by atoms with E-state index in [-0.39, 0.29) is 0 Å². The van der Waals surface area contributed by atoms with Crippen molar-refractivity contribution >= 4 is 40.2 Å². The Morgan fingerprint density at radius 1 is 1.42 bits per heavy atom. The standard InChI is InChI=1S/C13H17N3OS2/c1-13(2)3-4-15(5-8-19-13)11-10(9-17)16-6-7-18-12(16)14-11/h6-7,9H,3-5,8H2,1-2H3. The minimum absolute atomic E-state index is 0.313. The first kappa shape index (κ1) is 13.0. The van der Waals surface area contributed by atoms with E-state index in [0.717, 1.165) is 42.3 Å². The van der Waals surface area contributed by atoms with Crippen LogP contribution in [-0.4, -0.2) is 39.3 Å². The highest BCUT2D eigenvalue weighted by atomic mass is 32.2. The zero-order valence-corrected chi connectivity index (χ0v) is 12.8. The van der Waals surface area contributed by atoms with E-state index in [1.165, 1.54) is 0 Å². The molecule has 6 heteroatoms. The Hall–Kier alpha value is -1.01. The Morgan fingerprint density at radius 2 is 2.26 bits per heavy atom. The van der Waals surface area contributed by atoms with Crippen molar-refractivity contribution in [2.45, 2.75) is 25.0 Å². The number of anilines is 1. The van der Waals surface area contributed by atoms with E-state index in [9.17, 15) is 4.79 Å². The first-order valence-electron chi connectivity index (χ1n) is 6.40. The van der Waals surface area contributed by atoms with Gasteiger partial charge < -0.3 is 4.90 Å². The quantitative estimate of drug-likeness (QED) is 0.798. The van der Waals surface area contributed by atoms with Crippen molar-refractivity contribution in [1.29, 1.82) is 0 Å². The van der Waals surface area contributed by atoms with Gasteiger partial charge in [0.25, 0.3) is 0 Å². The summed E-state index contributed by atoms with van der Waals surface area (Å²) in [4.78, 5) is 19.1. The van der Waals surface area contributed by atoms with Crippen molar-refractivity contribution in [2.24, 2.45) is 0 Å². The molecule has 0 bridgehead atoms. The second-order valence-corrected chi connectivity index (χ2v) is 8.01. The van der Waals surface area contributed by atoms with Gasteiger partial charge in [0, 0.05) is 35.2 Å². The smallest absolute Gasteiger partial charge is 0.196 e. The third kappa shape index (κ3) is 2.39. The van der Waals surface area contributed by atoms with Crippen LogP contribution in [0.25, 0.3) is 4.96 Å². The molecular weight excluding hydrogens is 278 g/mol. The molecule has 3 rings (SSSR count). The Labute approximate surface area is 120 Å². The lowest BCUT2D eigenvalue weighted by Crippen LogP contribution is -2.28. The molecule has 1 aliphatic heterocycles. The molecule has 0 amide bonds. The van der Waals surface area contributed by atoms with E-state index >= 15 is 0 Å². The van der Waals surface area contributed by atoms with Crippen molar-refractivity contribution in [3.8, 4) is 0 Å². The number of carbonyl (C=O) groups excluding carboxylic acids is 1.